The van der Waals surface area contributed by atoms with Crippen LogP contribution in [0.25, 0.3) is 10.4 Å². The zero-order valence-corrected chi connectivity index (χ0v) is 18.8. The van der Waals surface area contributed by atoms with E-state index in [1.165, 1.54) is 30.2 Å². The van der Waals surface area contributed by atoms with Gasteiger partial charge >= 0.3 is 0 Å². The van der Waals surface area contributed by atoms with E-state index in [1.54, 1.807) is 18.2 Å². The van der Waals surface area contributed by atoms with Gasteiger partial charge in [0, 0.05) is 28.6 Å². The minimum absolute atomic E-state index is 0.0907. The molecule has 156 valence electrons. The molecule has 5 nitrogen and oxygen atoms in total. The highest BCUT2D eigenvalue weighted by molar-refractivity contribution is 7.91. The zero-order valence-electron chi connectivity index (χ0n) is 16.4. The molecule has 0 saturated carbocycles. The van der Waals surface area contributed by atoms with Gasteiger partial charge in [-0.25, -0.2) is 8.42 Å². The third-order valence-corrected chi connectivity index (χ3v) is 8.72. The number of sulfone groups is 1. The molecule has 1 aromatic carbocycles. The van der Waals surface area contributed by atoms with Crippen LogP contribution in [0, 0.1) is 5.92 Å². The first-order valence-corrected chi connectivity index (χ1v) is 12.8. The van der Waals surface area contributed by atoms with Crippen molar-refractivity contribution in [2.24, 2.45) is 5.92 Å². The Morgan fingerprint density at radius 1 is 1.34 bits per heavy atom. The molecule has 2 aliphatic rings. The van der Waals surface area contributed by atoms with Crippen LogP contribution in [0.5, 0.6) is 0 Å². The lowest BCUT2D eigenvalue weighted by molar-refractivity contribution is 0.0954. The second-order valence-corrected chi connectivity index (χ2v) is 11.5. The van der Waals surface area contributed by atoms with Crippen molar-refractivity contribution in [3.05, 3.63) is 39.7 Å². The van der Waals surface area contributed by atoms with Gasteiger partial charge in [0.25, 0.3) is 5.91 Å². The lowest BCUT2D eigenvalue weighted by Crippen LogP contribution is -2.36. The minimum Gasteiger partial charge on any atom is -0.351 e. The molecule has 2 aromatic rings. The average molecular weight is 453 g/mol. The topological polar surface area (TPSA) is 66.5 Å². The number of hydrogen-bond acceptors (Lipinski definition) is 5. The number of fused-ring (bicyclic) bond motifs is 3. The van der Waals surface area contributed by atoms with E-state index in [-0.39, 0.29) is 16.6 Å². The number of benzene rings is 1. The Morgan fingerprint density at radius 3 is 2.97 bits per heavy atom. The van der Waals surface area contributed by atoms with Crippen molar-refractivity contribution in [2.45, 2.75) is 36.8 Å². The van der Waals surface area contributed by atoms with Gasteiger partial charge in [0.2, 0.25) is 0 Å². The van der Waals surface area contributed by atoms with Gasteiger partial charge in [-0.15, -0.1) is 11.3 Å². The van der Waals surface area contributed by atoms with Gasteiger partial charge in [0.15, 0.2) is 9.84 Å². The van der Waals surface area contributed by atoms with Crippen molar-refractivity contribution in [2.75, 3.05) is 26.2 Å². The van der Waals surface area contributed by atoms with Crippen LogP contribution in [0.15, 0.2) is 29.2 Å². The third-order valence-electron chi connectivity index (χ3n) is 5.58. The highest BCUT2D eigenvalue weighted by atomic mass is 35.5. The van der Waals surface area contributed by atoms with Crippen LogP contribution in [0.3, 0.4) is 0 Å². The SMILES string of the molecule is CC1CCCN(CCCNC(=O)c2cc3c(s2)-c2ccc(Cl)cc2S(=O)(=O)C3)C1. The zero-order chi connectivity index (χ0) is 20.6. The van der Waals surface area contributed by atoms with Crippen LogP contribution in [0.2, 0.25) is 5.02 Å². The maximum Gasteiger partial charge on any atom is 0.261 e. The van der Waals surface area contributed by atoms with Gasteiger partial charge in [-0.05, 0) is 62.0 Å². The molecule has 1 unspecified atom stereocenters. The number of halogens is 1. The summed E-state index contributed by atoms with van der Waals surface area (Å²) in [5.74, 6) is 0.529. The van der Waals surface area contributed by atoms with Crippen molar-refractivity contribution in [1.29, 1.82) is 0 Å². The van der Waals surface area contributed by atoms with E-state index < -0.39 is 9.84 Å². The van der Waals surface area contributed by atoms with Gasteiger partial charge in [-0.2, -0.15) is 0 Å². The number of nitrogens with one attached hydrogen (secondary N) is 1. The molecule has 2 aliphatic heterocycles. The summed E-state index contributed by atoms with van der Waals surface area (Å²) >= 11 is 7.34. The normalized spacial score (nSPS) is 20.7. The number of nitrogens with zero attached hydrogens (tertiary/aromatic N) is 1. The fourth-order valence-electron chi connectivity index (χ4n) is 4.18. The molecule has 1 N–H and O–H groups in total. The van der Waals surface area contributed by atoms with Crippen LogP contribution >= 0.6 is 22.9 Å². The average Bonchev–Trinajstić information content (AvgIpc) is 3.08. The quantitative estimate of drug-likeness (QED) is 0.690. The number of hydrogen-bond donors (Lipinski definition) is 1. The molecule has 29 heavy (non-hydrogen) atoms. The summed E-state index contributed by atoms with van der Waals surface area (Å²) in [6.45, 7) is 6.20. The second-order valence-electron chi connectivity index (χ2n) is 8.02. The molecule has 1 saturated heterocycles. The van der Waals surface area contributed by atoms with Gasteiger partial charge in [0.05, 0.1) is 15.5 Å². The molecule has 3 heterocycles. The highest BCUT2D eigenvalue weighted by Crippen LogP contribution is 2.43. The summed E-state index contributed by atoms with van der Waals surface area (Å²) in [5.41, 5.74) is 1.33. The number of carbonyl (C=O) groups excluding carboxylic acids is 1. The predicted octanol–water partition coefficient (Wildman–Crippen LogP) is 4.21. The molecule has 0 bridgehead atoms. The van der Waals surface area contributed by atoms with E-state index in [9.17, 15) is 13.2 Å². The molecule has 0 radical (unpaired) electrons. The molecule has 1 aromatic heterocycles. The number of rotatable bonds is 5. The lowest BCUT2D eigenvalue weighted by Gasteiger charge is -2.30. The smallest absolute Gasteiger partial charge is 0.261 e. The fourth-order valence-corrected chi connectivity index (χ4v) is 7.31. The Balaban J connectivity index is 1.41. The van der Waals surface area contributed by atoms with E-state index in [0.29, 0.717) is 27.6 Å². The Hall–Kier alpha value is -1.41. The summed E-state index contributed by atoms with van der Waals surface area (Å²) < 4.78 is 25.2. The van der Waals surface area contributed by atoms with Crippen LogP contribution in [-0.2, 0) is 15.6 Å². The Bertz CT molecular complexity index is 1030. The number of thiophene rings is 1. The van der Waals surface area contributed by atoms with Crippen molar-refractivity contribution in [1.82, 2.24) is 10.2 Å². The number of amides is 1. The van der Waals surface area contributed by atoms with Crippen LogP contribution in [0.1, 0.15) is 41.4 Å². The molecular formula is C21H25ClN2O3S2. The van der Waals surface area contributed by atoms with Gasteiger partial charge in [-0.3, -0.25) is 4.79 Å². The molecular weight excluding hydrogens is 428 g/mol. The summed E-state index contributed by atoms with van der Waals surface area (Å²) in [4.78, 5) is 16.7. The maximum absolute atomic E-state index is 12.6. The summed E-state index contributed by atoms with van der Waals surface area (Å²) in [6.07, 6.45) is 3.48. The highest BCUT2D eigenvalue weighted by Gasteiger charge is 2.31. The molecule has 8 heteroatoms. The van der Waals surface area contributed by atoms with E-state index in [1.807, 2.05) is 0 Å². The fraction of sp³-hybridized carbons (Fsp3) is 0.476. The minimum atomic E-state index is -3.44. The standard InChI is InChI=1S/C21H25ClN2O3S2/c1-14-4-2-8-24(12-14)9-3-7-23-21(25)18-10-15-13-29(26,27)19-11-16(22)5-6-17(19)20(15)28-18/h5-6,10-11,14H,2-4,7-9,12-13H2,1H3,(H,23,25). The number of piperidine rings is 1. The number of likely N-dealkylation sites (tertiary alicyclic amines) is 1. The molecule has 1 fully saturated rings. The van der Waals surface area contributed by atoms with Crippen LogP contribution in [-0.4, -0.2) is 45.4 Å². The Kier molecular flexibility index (Phi) is 6.02. The monoisotopic (exact) mass is 452 g/mol. The molecule has 0 spiro atoms. The van der Waals surface area contributed by atoms with Crippen molar-refractivity contribution in [3.8, 4) is 10.4 Å². The van der Waals surface area contributed by atoms with E-state index >= 15 is 0 Å². The predicted molar refractivity (Wildman–Crippen MR) is 117 cm³/mol. The maximum atomic E-state index is 12.6. The summed E-state index contributed by atoms with van der Waals surface area (Å²) in [7, 11) is -3.44. The van der Waals surface area contributed by atoms with Crippen LogP contribution in [0.4, 0.5) is 0 Å². The van der Waals surface area contributed by atoms with Crippen molar-refractivity contribution in [3.63, 3.8) is 0 Å². The van der Waals surface area contributed by atoms with Gasteiger partial charge in [0.1, 0.15) is 0 Å². The van der Waals surface area contributed by atoms with Crippen molar-refractivity contribution >= 4 is 38.7 Å². The molecule has 1 atom stereocenters. The second kappa shape index (κ2) is 8.38. The van der Waals surface area contributed by atoms with Gasteiger partial charge < -0.3 is 10.2 Å². The molecule has 1 amide bonds. The van der Waals surface area contributed by atoms with E-state index in [2.05, 4.69) is 17.1 Å². The Labute approximate surface area is 181 Å². The molecule has 4 rings (SSSR count). The third kappa shape index (κ3) is 4.53. The van der Waals surface area contributed by atoms with Crippen molar-refractivity contribution < 1.29 is 13.2 Å². The summed E-state index contributed by atoms with van der Waals surface area (Å²) in [6, 6.07) is 6.63. The van der Waals surface area contributed by atoms with E-state index in [4.69, 9.17) is 11.6 Å². The first-order valence-electron chi connectivity index (χ1n) is 9.99. The first-order chi connectivity index (χ1) is 13.8. The number of carbonyl (C=O) groups is 1. The lowest BCUT2D eigenvalue weighted by atomic mass is 10.0. The Morgan fingerprint density at radius 2 is 2.17 bits per heavy atom. The van der Waals surface area contributed by atoms with E-state index in [0.717, 1.165) is 36.9 Å². The van der Waals surface area contributed by atoms with Crippen LogP contribution < -0.4 is 5.32 Å². The largest absolute Gasteiger partial charge is 0.351 e. The molecule has 0 aliphatic carbocycles. The summed E-state index contributed by atoms with van der Waals surface area (Å²) in [5, 5.41) is 3.38. The first kappa shape index (κ1) is 20.8. The van der Waals surface area contributed by atoms with Gasteiger partial charge in [-0.1, -0.05) is 24.6 Å².